The maximum atomic E-state index is 14.6. The molecule has 1 amide bonds. The van der Waals surface area contributed by atoms with Crippen LogP contribution in [0.4, 0.5) is 0 Å². The molecule has 4 atom stereocenters. The van der Waals surface area contributed by atoms with Crippen molar-refractivity contribution in [1.82, 2.24) is 5.32 Å². The standard InChI is InChI=1S/C29H34N2O5/c32-22-12-13-29(30-25(34)11-8-19-4-2-1-3-5-19)24-16-21-9-10-23(33)27(35)26(21)28(29,17-22)14-15-31(24,36)18-20-6-7-20/h1-5,9-10,20,24,33,35H,6-8,11-18H2,(H,30,34)/t24-,28-,29-,31?/m1/s1. The summed E-state index contributed by atoms with van der Waals surface area (Å²) in [6, 6.07) is 12.7. The number of aryl methyl sites for hydroxylation is 1. The minimum absolute atomic E-state index is 0.0756. The number of benzene rings is 2. The molecule has 7 heteroatoms. The lowest BCUT2D eigenvalue weighted by Crippen LogP contribution is -2.82. The van der Waals surface area contributed by atoms with Gasteiger partial charge in [-0.1, -0.05) is 36.4 Å². The number of Topliss-reactive ketones (excluding diaryl/α,β-unsaturated/α-hetero) is 1. The van der Waals surface area contributed by atoms with E-state index in [1.54, 1.807) is 6.07 Å². The molecular weight excluding hydrogens is 456 g/mol. The van der Waals surface area contributed by atoms with Crippen LogP contribution in [0.5, 0.6) is 11.5 Å². The van der Waals surface area contributed by atoms with Crippen LogP contribution >= 0.6 is 0 Å². The van der Waals surface area contributed by atoms with Gasteiger partial charge in [-0.15, -0.1) is 0 Å². The van der Waals surface area contributed by atoms with Gasteiger partial charge in [0.25, 0.3) is 0 Å². The molecule has 2 bridgehead atoms. The van der Waals surface area contributed by atoms with Gasteiger partial charge in [0.1, 0.15) is 17.4 Å². The fourth-order valence-electron chi connectivity index (χ4n) is 7.64. The molecule has 36 heavy (non-hydrogen) atoms. The Morgan fingerprint density at radius 1 is 1.11 bits per heavy atom. The molecule has 1 aliphatic heterocycles. The van der Waals surface area contributed by atoms with Crippen LogP contribution in [0.3, 0.4) is 0 Å². The number of piperidine rings is 1. The predicted octanol–water partition coefficient (Wildman–Crippen LogP) is 3.63. The van der Waals surface area contributed by atoms with Crippen LogP contribution in [0.25, 0.3) is 0 Å². The smallest absolute Gasteiger partial charge is 0.221 e. The van der Waals surface area contributed by atoms with E-state index >= 15 is 0 Å². The molecule has 1 unspecified atom stereocenters. The zero-order valence-corrected chi connectivity index (χ0v) is 20.5. The molecule has 3 N–H and O–H groups in total. The summed E-state index contributed by atoms with van der Waals surface area (Å²) in [4.78, 5) is 26.5. The lowest BCUT2D eigenvalue weighted by molar-refractivity contribution is -0.920. The zero-order valence-electron chi connectivity index (χ0n) is 20.5. The van der Waals surface area contributed by atoms with Crippen LogP contribution < -0.4 is 5.32 Å². The Bertz CT molecular complexity index is 1210. The first-order chi connectivity index (χ1) is 17.3. The molecule has 7 nitrogen and oxygen atoms in total. The molecule has 1 heterocycles. The number of rotatable bonds is 6. The molecule has 0 radical (unpaired) electrons. The maximum Gasteiger partial charge on any atom is 0.221 e. The first-order valence-electron chi connectivity index (χ1n) is 13.3. The molecule has 2 aromatic rings. The highest BCUT2D eigenvalue weighted by atomic mass is 16.5. The SMILES string of the molecule is O=C1CC[C@@]2(NC(=O)CCc3ccccc3)[C@H]3Cc4ccc(O)c(O)c4[C@@]2(CC[N+]3([O-])CC2CC2)C1. The van der Waals surface area contributed by atoms with Gasteiger partial charge >= 0.3 is 0 Å². The number of hydrogen-bond acceptors (Lipinski definition) is 5. The second-order valence-electron chi connectivity index (χ2n) is 11.5. The molecule has 0 aromatic heterocycles. The summed E-state index contributed by atoms with van der Waals surface area (Å²) in [5, 5.41) is 39.5. The number of amides is 1. The topological polar surface area (TPSA) is 110 Å². The molecule has 190 valence electrons. The summed E-state index contributed by atoms with van der Waals surface area (Å²) in [5.74, 6) is -0.0789. The monoisotopic (exact) mass is 490 g/mol. The number of carbonyl (C=O) groups excluding carboxylic acids is 2. The molecule has 0 spiro atoms. The third-order valence-corrected chi connectivity index (χ3v) is 9.45. The number of ketones is 1. The Kier molecular flexibility index (Phi) is 5.43. The van der Waals surface area contributed by atoms with Gasteiger partial charge in [0.05, 0.1) is 13.1 Å². The van der Waals surface area contributed by atoms with Crippen molar-refractivity contribution in [3.63, 3.8) is 0 Å². The molecule has 3 fully saturated rings. The lowest BCUT2D eigenvalue weighted by Gasteiger charge is -2.69. The van der Waals surface area contributed by atoms with E-state index in [-0.39, 0.29) is 40.7 Å². The third kappa shape index (κ3) is 3.55. The highest BCUT2D eigenvalue weighted by Crippen LogP contribution is 2.62. The van der Waals surface area contributed by atoms with Gasteiger partial charge in [0, 0.05) is 49.0 Å². The lowest BCUT2D eigenvalue weighted by atomic mass is 9.47. The van der Waals surface area contributed by atoms with Gasteiger partial charge in [0.15, 0.2) is 11.5 Å². The fraction of sp³-hybridized carbons (Fsp3) is 0.517. The van der Waals surface area contributed by atoms with Crippen molar-refractivity contribution in [2.75, 3.05) is 13.1 Å². The van der Waals surface area contributed by atoms with E-state index < -0.39 is 17.0 Å². The average molecular weight is 491 g/mol. The number of aromatic hydroxyl groups is 2. The summed E-state index contributed by atoms with van der Waals surface area (Å²) >= 11 is 0. The largest absolute Gasteiger partial charge is 0.633 e. The van der Waals surface area contributed by atoms with Gasteiger partial charge < -0.3 is 25.4 Å². The third-order valence-electron chi connectivity index (χ3n) is 9.45. The van der Waals surface area contributed by atoms with Crippen molar-refractivity contribution in [1.29, 1.82) is 0 Å². The number of nitrogens with one attached hydrogen (secondary N) is 1. The van der Waals surface area contributed by atoms with Crippen LogP contribution in [-0.4, -0.2) is 51.2 Å². The summed E-state index contributed by atoms with van der Waals surface area (Å²) in [6.07, 6.45) is 4.66. The Morgan fingerprint density at radius 3 is 2.64 bits per heavy atom. The Morgan fingerprint density at radius 2 is 1.89 bits per heavy atom. The summed E-state index contributed by atoms with van der Waals surface area (Å²) in [6.45, 7) is 0.889. The van der Waals surface area contributed by atoms with Crippen LogP contribution in [0.1, 0.15) is 61.6 Å². The van der Waals surface area contributed by atoms with Crippen molar-refractivity contribution in [2.24, 2.45) is 5.92 Å². The number of carbonyl (C=O) groups is 2. The van der Waals surface area contributed by atoms with Crippen molar-refractivity contribution in [3.8, 4) is 11.5 Å². The number of phenols is 2. The van der Waals surface area contributed by atoms with E-state index in [4.69, 9.17) is 0 Å². The van der Waals surface area contributed by atoms with Crippen molar-refractivity contribution >= 4 is 11.7 Å². The van der Waals surface area contributed by atoms with Gasteiger partial charge in [-0.25, -0.2) is 0 Å². The van der Waals surface area contributed by atoms with E-state index in [0.29, 0.717) is 56.7 Å². The maximum absolute atomic E-state index is 14.6. The highest BCUT2D eigenvalue weighted by molar-refractivity contribution is 5.85. The number of hydrogen-bond donors (Lipinski definition) is 3. The van der Waals surface area contributed by atoms with Crippen molar-refractivity contribution in [2.45, 2.75) is 74.8 Å². The predicted molar refractivity (Wildman–Crippen MR) is 134 cm³/mol. The molecule has 2 saturated carbocycles. The molecule has 3 aliphatic carbocycles. The molecule has 6 rings (SSSR count). The molecule has 2 aromatic carbocycles. The number of fused-ring (bicyclic) bond motifs is 1. The summed E-state index contributed by atoms with van der Waals surface area (Å²) in [5.41, 5.74) is 0.600. The second-order valence-corrected chi connectivity index (χ2v) is 11.5. The van der Waals surface area contributed by atoms with Gasteiger partial charge in [-0.05, 0) is 42.9 Å². The summed E-state index contributed by atoms with van der Waals surface area (Å²) in [7, 11) is 0. The number of phenolic OH excluding ortho intramolecular Hbond substituents is 2. The van der Waals surface area contributed by atoms with E-state index in [0.717, 1.165) is 24.0 Å². The van der Waals surface area contributed by atoms with Gasteiger partial charge in [0.2, 0.25) is 5.91 Å². The highest BCUT2D eigenvalue weighted by Gasteiger charge is 2.70. The number of hydroxylamine groups is 3. The first kappa shape index (κ1) is 23.5. The van der Waals surface area contributed by atoms with Crippen LogP contribution in [0.2, 0.25) is 0 Å². The minimum Gasteiger partial charge on any atom is -0.633 e. The minimum atomic E-state index is -0.943. The van der Waals surface area contributed by atoms with E-state index in [2.05, 4.69) is 5.32 Å². The Balaban J connectivity index is 1.44. The van der Waals surface area contributed by atoms with Crippen LogP contribution in [0.15, 0.2) is 42.5 Å². The second kappa shape index (κ2) is 8.32. The summed E-state index contributed by atoms with van der Waals surface area (Å²) < 4.78 is -0.360. The van der Waals surface area contributed by atoms with E-state index in [1.165, 1.54) is 6.07 Å². The number of likely N-dealkylation sites (tertiary alicyclic amines) is 1. The Labute approximate surface area is 211 Å². The molecule has 1 saturated heterocycles. The van der Waals surface area contributed by atoms with E-state index in [9.17, 15) is 25.0 Å². The number of nitrogens with zero attached hydrogens (tertiary/aromatic N) is 1. The molecular formula is C29H34N2O5. The number of quaternary nitrogens is 1. The Hall–Kier alpha value is -2.90. The quantitative estimate of drug-likeness (QED) is 0.325. The molecule has 4 aliphatic rings. The van der Waals surface area contributed by atoms with Crippen LogP contribution in [-0.2, 0) is 27.8 Å². The van der Waals surface area contributed by atoms with Crippen LogP contribution in [0, 0.1) is 11.1 Å². The first-order valence-corrected chi connectivity index (χ1v) is 13.3. The zero-order chi connectivity index (χ0) is 25.1. The van der Waals surface area contributed by atoms with Gasteiger partial charge in [-0.2, -0.15) is 0 Å². The fourth-order valence-corrected chi connectivity index (χ4v) is 7.64. The normalized spacial score (nSPS) is 32.9. The average Bonchev–Trinajstić information content (AvgIpc) is 3.67. The van der Waals surface area contributed by atoms with E-state index in [1.807, 2.05) is 30.3 Å². The van der Waals surface area contributed by atoms with Crippen molar-refractivity contribution < 1.29 is 24.4 Å². The van der Waals surface area contributed by atoms with Gasteiger partial charge in [-0.3, -0.25) is 9.59 Å². The van der Waals surface area contributed by atoms with Crippen molar-refractivity contribution in [3.05, 3.63) is 64.4 Å².